The quantitative estimate of drug-likeness (QED) is 0.604. The summed E-state index contributed by atoms with van der Waals surface area (Å²) in [6.07, 6.45) is 2.48. The van der Waals surface area contributed by atoms with Crippen LogP contribution in [0, 0.1) is 0 Å². The summed E-state index contributed by atoms with van der Waals surface area (Å²) in [5.74, 6) is -0.0891. The van der Waals surface area contributed by atoms with Gasteiger partial charge in [-0.25, -0.2) is 0 Å². The van der Waals surface area contributed by atoms with Gasteiger partial charge in [0.2, 0.25) is 5.91 Å². The predicted octanol–water partition coefficient (Wildman–Crippen LogP) is 0.677. The summed E-state index contributed by atoms with van der Waals surface area (Å²) in [7, 11) is 0. The highest BCUT2D eigenvalue weighted by Gasteiger charge is 2.07. The van der Waals surface area contributed by atoms with Crippen molar-refractivity contribution in [1.82, 2.24) is 10.6 Å². The third kappa shape index (κ3) is 6.61. The zero-order valence-electron chi connectivity index (χ0n) is 11.0. The van der Waals surface area contributed by atoms with Crippen molar-refractivity contribution in [3.8, 4) is 0 Å². The van der Waals surface area contributed by atoms with Crippen LogP contribution in [-0.2, 0) is 4.79 Å². The molecule has 0 aliphatic carbocycles. The average Bonchev–Trinajstić information content (AvgIpc) is 2.87. The lowest BCUT2D eigenvalue weighted by molar-refractivity contribution is -0.121. The van der Waals surface area contributed by atoms with E-state index in [1.165, 1.54) is 6.26 Å². The summed E-state index contributed by atoms with van der Waals surface area (Å²) < 4.78 is 4.93. The standard InChI is InChI=1S/C13H20N2O4/c1-10(16)6-8-14-12(17)5-2-7-15-13(18)11-4-3-9-19-11/h3-4,9-10,16H,2,5-8H2,1H3,(H,14,17)(H,15,18). The molecule has 1 rings (SSSR count). The van der Waals surface area contributed by atoms with Gasteiger partial charge in [-0.2, -0.15) is 0 Å². The van der Waals surface area contributed by atoms with Crippen LogP contribution in [0.25, 0.3) is 0 Å². The van der Waals surface area contributed by atoms with Crippen LogP contribution < -0.4 is 10.6 Å². The van der Waals surface area contributed by atoms with Gasteiger partial charge in [-0.3, -0.25) is 9.59 Å². The molecular formula is C13H20N2O4. The van der Waals surface area contributed by atoms with Crippen molar-refractivity contribution in [3.63, 3.8) is 0 Å². The molecule has 0 spiro atoms. The summed E-state index contributed by atoms with van der Waals surface area (Å²) in [6, 6.07) is 3.22. The first-order valence-corrected chi connectivity index (χ1v) is 6.36. The van der Waals surface area contributed by atoms with Gasteiger partial charge in [0, 0.05) is 19.5 Å². The Bertz CT molecular complexity index is 387. The van der Waals surface area contributed by atoms with Crippen LogP contribution in [0.1, 0.15) is 36.7 Å². The number of carbonyl (C=O) groups is 2. The first kappa shape index (κ1) is 15.2. The van der Waals surface area contributed by atoms with Gasteiger partial charge in [0.25, 0.3) is 5.91 Å². The van der Waals surface area contributed by atoms with E-state index in [4.69, 9.17) is 9.52 Å². The largest absolute Gasteiger partial charge is 0.459 e. The second kappa shape index (κ2) is 8.31. The molecule has 0 aliphatic heterocycles. The van der Waals surface area contributed by atoms with Crippen molar-refractivity contribution >= 4 is 11.8 Å². The minimum Gasteiger partial charge on any atom is -0.459 e. The number of aliphatic hydroxyl groups is 1. The molecule has 0 bridgehead atoms. The summed E-state index contributed by atoms with van der Waals surface area (Å²) in [5.41, 5.74) is 0. The van der Waals surface area contributed by atoms with Gasteiger partial charge < -0.3 is 20.2 Å². The van der Waals surface area contributed by atoms with Gasteiger partial charge >= 0.3 is 0 Å². The van der Waals surface area contributed by atoms with Crippen molar-refractivity contribution < 1.29 is 19.1 Å². The highest BCUT2D eigenvalue weighted by Crippen LogP contribution is 1.99. The zero-order chi connectivity index (χ0) is 14.1. The number of carbonyl (C=O) groups excluding carboxylic acids is 2. The number of hydrogen-bond acceptors (Lipinski definition) is 4. The fourth-order valence-corrected chi connectivity index (χ4v) is 1.45. The highest BCUT2D eigenvalue weighted by molar-refractivity contribution is 5.91. The fraction of sp³-hybridized carbons (Fsp3) is 0.538. The Balaban J connectivity index is 2.04. The molecule has 1 aromatic heterocycles. The minimum absolute atomic E-state index is 0.0760. The second-order valence-corrected chi connectivity index (χ2v) is 4.32. The van der Waals surface area contributed by atoms with E-state index in [1.54, 1.807) is 19.1 Å². The lowest BCUT2D eigenvalue weighted by Gasteiger charge is -2.07. The van der Waals surface area contributed by atoms with Crippen LogP contribution in [0.15, 0.2) is 22.8 Å². The molecule has 0 fully saturated rings. The van der Waals surface area contributed by atoms with Crippen molar-refractivity contribution in [3.05, 3.63) is 24.2 Å². The van der Waals surface area contributed by atoms with Crippen LogP contribution in [0.2, 0.25) is 0 Å². The molecule has 0 aromatic carbocycles. The Morgan fingerprint density at radius 3 is 2.79 bits per heavy atom. The van der Waals surface area contributed by atoms with Crippen LogP contribution in [0.5, 0.6) is 0 Å². The van der Waals surface area contributed by atoms with Gasteiger partial charge in [0.05, 0.1) is 12.4 Å². The number of amides is 2. The predicted molar refractivity (Wildman–Crippen MR) is 69.6 cm³/mol. The smallest absolute Gasteiger partial charge is 0.286 e. The Labute approximate surface area is 112 Å². The Morgan fingerprint density at radius 2 is 2.16 bits per heavy atom. The molecule has 0 aliphatic rings. The van der Waals surface area contributed by atoms with Gasteiger partial charge in [-0.15, -0.1) is 0 Å². The van der Waals surface area contributed by atoms with E-state index in [1.807, 2.05) is 0 Å². The molecule has 0 saturated heterocycles. The van der Waals surface area contributed by atoms with Crippen LogP contribution in [0.4, 0.5) is 0 Å². The number of hydrogen-bond donors (Lipinski definition) is 3. The monoisotopic (exact) mass is 268 g/mol. The molecule has 3 N–H and O–H groups in total. The number of nitrogens with one attached hydrogen (secondary N) is 2. The lowest BCUT2D eigenvalue weighted by atomic mass is 10.2. The maximum absolute atomic E-state index is 11.5. The molecule has 1 heterocycles. The zero-order valence-corrected chi connectivity index (χ0v) is 11.0. The molecule has 6 nitrogen and oxygen atoms in total. The van der Waals surface area contributed by atoms with Crippen LogP contribution >= 0.6 is 0 Å². The van der Waals surface area contributed by atoms with Gasteiger partial charge in [-0.05, 0) is 31.9 Å². The number of furan rings is 1. The topological polar surface area (TPSA) is 91.6 Å². The van der Waals surface area contributed by atoms with E-state index in [9.17, 15) is 9.59 Å². The summed E-state index contributed by atoms with van der Waals surface area (Å²) in [4.78, 5) is 22.8. The van der Waals surface area contributed by atoms with Crippen molar-refractivity contribution in [2.45, 2.75) is 32.3 Å². The van der Waals surface area contributed by atoms with Gasteiger partial charge in [-0.1, -0.05) is 0 Å². The van der Waals surface area contributed by atoms with E-state index in [-0.39, 0.29) is 17.6 Å². The van der Waals surface area contributed by atoms with E-state index >= 15 is 0 Å². The third-order valence-corrected chi connectivity index (χ3v) is 2.50. The van der Waals surface area contributed by atoms with E-state index < -0.39 is 6.10 Å². The molecule has 1 atom stereocenters. The fourth-order valence-electron chi connectivity index (χ4n) is 1.45. The van der Waals surface area contributed by atoms with E-state index in [0.29, 0.717) is 32.4 Å². The maximum atomic E-state index is 11.5. The van der Waals surface area contributed by atoms with Gasteiger partial charge in [0.15, 0.2) is 5.76 Å². The van der Waals surface area contributed by atoms with E-state index in [2.05, 4.69) is 10.6 Å². The van der Waals surface area contributed by atoms with Crippen LogP contribution in [-0.4, -0.2) is 36.1 Å². The molecule has 2 amide bonds. The molecule has 0 saturated carbocycles. The summed E-state index contributed by atoms with van der Waals surface area (Å²) >= 11 is 0. The molecule has 19 heavy (non-hydrogen) atoms. The number of rotatable bonds is 8. The Morgan fingerprint density at radius 1 is 1.37 bits per heavy atom. The average molecular weight is 268 g/mol. The molecular weight excluding hydrogens is 248 g/mol. The molecule has 106 valence electrons. The van der Waals surface area contributed by atoms with Crippen molar-refractivity contribution in [1.29, 1.82) is 0 Å². The van der Waals surface area contributed by atoms with Crippen molar-refractivity contribution in [2.24, 2.45) is 0 Å². The molecule has 0 radical (unpaired) electrons. The lowest BCUT2D eigenvalue weighted by Crippen LogP contribution is -2.28. The van der Waals surface area contributed by atoms with Crippen molar-refractivity contribution in [2.75, 3.05) is 13.1 Å². The first-order valence-electron chi connectivity index (χ1n) is 6.36. The first-order chi connectivity index (χ1) is 9.09. The molecule has 6 heteroatoms. The summed E-state index contributed by atoms with van der Waals surface area (Å²) in [5, 5.41) is 14.4. The molecule has 1 unspecified atom stereocenters. The SMILES string of the molecule is CC(O)CCNC(=O)CCCNC(=O)c1ccco1. The Kier molecular flexibility index (Phi) is 6.67. The van der Waals surface area contributed by atoms with Gasteiger partial charge in [0.1, 0.15) is 0 Å². The maximum Gasteiger partial charge on any atom is 0.286 e. The minimum atomic E-state index is -0.409. The summed E-state index contributed by atoms with van der Waals surface area (Å²) in [6.45, 7) is 2.56. The number of aliphatic hydroxyl groups excluding tert-OH is 1. The Hall–Kier alpha value is -1.82. The second-order valence-electron chi connectivity index (χ2n) is 4.32. The van der Waals surface area contributed by atoms with E-state index in [0.717, 1.165) is 0 Å². The highest BCUT2D eigenvalue weighted by atomic mass is 16.3. The normalized spacial score (nSPS) is 11.9. The third-order valence-electron chi connectivity index (χ3n) is 2.50. The molecule has 1 aromatic rings. The van der Waals surface area contributed by atoms with Crippen LogP contribution in [0.3, 0.4) is 0 Å².